The van der Waals surface area contributed by atoms with E-state index in [0.717, 1.165) is 5.56 Å². The highest BCUT2D eigenvalue weighted by molar-refractivity contribution is 6.30. The Morgan fingerprint density at radius 1 is 1.19 bits per heavy atom. The summed E-state index contributed by atoms with van der Waals surface area (Å²) in [7, 11) is 1.57. The molecule has 1 amide bonds. The van der Waals surface area contributed by atoms with Crippen molar-refractivity contribution in [3.05, 3.63) is 64.7 Å². The number of methoxy groups -OCH3 is 1. The van der Waals surface area contributed by atoms with E-state index in [-0.39, 0.29) is 6.61 Å². The van der Waals surface area contributed by atoms with Crippen LogP contribution in [0, 0.1) is 0 Å². The predicted octanol–water partition coefficient (Wildman–Crippen LogP) is 3.20. The molecule has 0 spiro atoms. The fourth-order valence-electron chi connectivity index (χ4n) is 2.26. The molecule has 2 aromatic rings. The number of carboxylic acids is 1. The number of nitrogens with one attached hydrogen (secondary N) is 1. The average molecular weight is 378 g/mol. The van der Waals surface area contributed by atoms with E-state index >= 15 is 0 Å². The number of aliphatic carboxylic acids is 1. The maximum absolute atomic E-state index is 12.3. The summed E-state index contributed by atoms with van der Waals surface area (Å²) >= 11 is 5.81. The van der Waals surface area contributed by atoms with Gasteiger partial charge in [-0.15, -0.1) is 0 Å². The molecule has 2 unspecified atom stereocenters. The van der Waals surface area contributed by atoms with E-state index < -0.39 is 24.0 Å². The van der Waals surface area contributed by atoms with Crippen molar-refractivity contribution in [2.24, 2.45) is 0 Å². The highest BCUT2D eigenvalue weighted by Crippen LogP contribution is 2.18. The van der Waals surface area contributed by atoms with Gasteiger partial charge in [0.25, 0.3) is 0 Å². The second kappa shape index (κ2) is 9.22. The molecule has 0 fully saturated rings. The Bertz CT molecular complexity index is 763. The summed E-state index contributed by atoms with van der Waals surface area (Å²) < 4.78 is 10.7. The van der Waals surface area contributed by atoms with Crippen molar-refractivity contribution in [3.8, 4) is 5.75 Å². The van der Waals surface area contributed by atoms with Gasteiger partial charge in [-0.3, -0.25) is 4.79 Å². The van der Waals surface area contributed by atoms with E-state index in [1.165, 1.54) is 0 Å². The van der Waals surface area contributed by atoms with Gasteiger partial charge in [-0.05, 0) is 42.3 Å². The molecule has 0 saturated heterocycles. The van der Waals surface area contributed by atoms with E-state index in [1.54, 1.807) is 44.4 Å². The number of benzene rings is 2. The van der Waals surface area contributed by atoms with Crippen molar-refractivity contribution in [1.29, 1.82) is 0 Å². The monoisotopic (exact) mass is 377 g/mol. The van der Waals surface area contributed by atoms with Crippen LogP contribution in [0.5, 0.6) is 5.75 Å². The van der Waals surface area contributed by atoms with Crippen molar-refractivity contribution < 1.29 is 24.2 Å². The van der Waals surface area contributed by atoms with Crippen LogP contribution < -0.4 is 10.1 Å². The molecule has 0 aliphatic heterocycles. The largest absolute Gasteiger partial charge is 0.497 e. The molecule has 6 nitrogen and oxygen atoms in total. The smallest absolute Gasteiger partial charge is 0.330 e. The van der Waals surface area contributed by atoms with Gasteiger partial charge in [0, 0.05) is 5.02 Å². The molecule has 26 heavy (non-hydrogen) atoms. The number of hydrogen-bond donors (Lipinski definition) is 2. The summed E-state index contributed by atoms with van der Waals surface area (Å²) in [5, 5.41) is 12.4. The maximum Gasteiger partial charge on any atom is 0.330 e. The second-order valence-electron chi connectivity index (χ2n) is 5.64. The lowest BCUT2D eigenvalue weighted by atomic mass is 10.1. The average Bonchev–Trinajstić information content (AvgIpc) is 2.64. The van der Waals surface area contributed by atoms with Crippen molar-refractivity contribution in [1.82, 2.24) is 5.32 Å². The van der Waals surface area contributed by atoms with Gasteiger partial charge in [0.1, 0.15) is 11.9 Å². The highest BCUT2D eigenvalue weighted by Gasteiger charge is 2.25. The molecule has 0 saturated carbocycles. The highest BCUT2D eigenvalue weighted by atomic mass is 35.5. The van der Waals surface area contributed by atoms with Gasteiger partial charge < -0.3 is 19.9 Å². The van der Waals surface area contributed by atoms with E-state index in [1.807, 2.05) is 18.2 Å². The van der Waals surface area contributed by atoms with Crippen LogP contribution >= 0.6 is 11.6 Å². The number of halogens is 1. The van der Waals surface area contributed by atoms with Crippen LogP contribution in [0.3, 0.4) is 0 Å². The molecule has 0 aliphatic carbocycles. The third kappa shape index (κ3) is 5.47. The summed E-state index contributed by atoms with van der Waals surface area (Å²) in [4.78, 5) is 23.8. The predicted molar refractivity (Wildman–Crippen MR) is 97.2 cm³/mol. The number of carbonyl (C=O) groups is 2. The molecule has 0 radical (unpaired) electrons. The summed E-state index contributed by atoms with van der Waals surface area (Å²) in [5.74, 6) is -0.993. The topological polar surface area (TPSA) is 84.9 Å². The minimum absolute atomic E-state index is 0.199. The minimum Gasteiger partial charge on any atom is -0.497 e. The van der Waals surface area contributed by atoms with E-state index in [2.05, 4.69) is 5.32 Å². The molecular weight excluding hydrogens is 358 g/mol. The molecular formula is C19H20ClNO5. The molecule has 0 aromatic heterocycles. The standard InChI is InChI=1S/C19H20ClNO5/c1-12(26-11-13-4-3-5-16(10-13)25-2)18(22)21-17(19(23)24)14-6-8-15(20)9-7-14/h3-10,12,17H,11H2,1-2H3,(H,21,22)(H,23,24). The van der Waals surface area contributed by atoms with Crippen LogP contribution in [-0.4, -0.2) is 30.2 Å². The normalized spacial score (nSPS) is 12.9. The Morgan fingerprint density at radius 3 is 2.50 bits per heavy atom. The SMILES string of the molecule is COc1cccc(COC(C)C(=O)NC(C(=O)O)c2ccc(Cl)cc2)c1. The van der Waals surface area contributed by atoms with Gasteiger partial charge >= 0.3 is 5.97 Å². The first-order chi connectivity index (χ1) is 12.4. The number of rotatable bonds is 8. The first-order valence-corrected chi connectivity index (χ1v) is 8.31. The molecule has 7 heteroatoms. The lowest BCUT2D eigenvalue weighted by Crippen LogP contribution is -2.40. The zero-order valence-corrected chi connectivity index (χ0v) is 15.2. The number of amides is 1. The number of hydrogen-bond acceptors (Lipinski definition) is 4. The zero-order valence-electron chi connectivity index (χ0n) is 14.4. The Labute approximate surface area is 156 Å². The lowest BCUT2D eigenvalue weighted by Gasteiger charge is -2.19. The van der Waals surface area contributed by atoms with Crippen LogP contribution in [0.25, 0.3) is 0 Å². The van der Waals surface area contributed by atoms with Gasteiger partial charge in [-0.1, -0.05) is 35.9 Å². The molecule has 2 atom stereocenters. The minimum atomic E-state index is -1.18. The van der Waals surface area contributed by atoms with Crippen LogP contribution in [0.1, 0.15) is 24.1 Å². The number of carboxylic acid groups (broad SMARTS) is 1. The van der Waals surface area contributed by atoms with Gasteiger partial charge in [-0.2, -0.15) is 0 Å². The van der Waals surface area contributed by atoms with E-state index in [0.29, 0.717) is 16.3 Å². The van der Waals surface area contributed by atoms with Crippen LogP contribution in [0.15, 0.2) is 48.5 Å². The first-order valence-electron chi connectivity index (χ1n) is 7.94. The number of carbonyl (C=O) groups excluding carboxylic acids is 1. The van der Waals surface area contributed by atoms with Crippen LogP contribution in [-0.2, 0) is 20.9 Å². The Hall–Kier alpha value is -2.57. The van der Waals surface area contributed by atoms with E-state index in [9.17, 15) is 14.7 Å². The molecule has 2 aromatic carbocycles. The van der Waals surface area contributed by atoms with Crippen molar-refractivity contribution in [2.75, 3.05) is 7.11 Å². The lowest BCUT2D eigenvalue weighted by molar-refractivity contribution is -0.144. The van der Waals surface area contributed by atoms with Crippen molar-refractivity contribution in [3.63, 3.8) is 0 Å². The Morgan fingerprint density at radius 2 is 1.88 bits per heavy atom. The summed E-state index contributed by atoms with van der Waals surface area (Å²) in [6, 6.07) is 12.4. The Kier molecular flexibility index (Phi) is 7.00. The van der Waals surface area contributed by atoms with Crippen LogP contribution in [0.4, 0.5) is 0 Å². The molecule has 2 rings (SSSR count). The first kappa shape index (κ1) is 19.8. The fraction of sp³-hybridized carbons (Fsp3) is 0.263. The third-order valence-corrected chi connectivity index (χ3v) is 3.99. The van der Waals surface area contributed by atoms with Gasteiger partial charge in [0.15, 0.2) is 6.04 Å². The molecule has 2 N–H and O–H groups in total. The summed E-state index contributed by atoms with van der Waals surface area (Å²) in [6.45, 7) is 1.76. The fourth-order valence-corrected chi connectivity index (χ4v) is 2.39. The van der Waals surface area contributed by atoms with Crippen LogP contribution in [0.2, 0.25) is 5.02 Å². The Balaban J connectivity index is 1.97. The third-order valence-electron chi connectivity index (χ3n) is 3.74. The molecule has 138 valence electrons. The second-order valence-corrected chi connectivity index (χ2v) is 6.07. The molecule has 0 bridgehead atoms. The summed E-state index contributed by atoms with van der Waals surface area (Å²) in [5.41, 5.74) is 1.27. The number of ether oxygens (including phenoxy) is 2. The summed E-state index contributed by atoms with van der Waals surface area (Å²) in [6.07, 6.45) is -0.824. The van der Waals surface area contributed by atoms with Gasteiger partial charge in [0.05, 0.1) is 13.7 Å². The zero-order chi connectivity index (χ0) is 19.1. The van der Waals surface area contributed by atoms with Gasteiger partial charge in [0.2, 0.25) is 5.91 Å². The van der Waals surface area contributed by atoms with Gasteiger partial charge in [-0.25, -0.2) is 4.79 Å². The molecule has 0 aliphatic rings. The van der Waals surface area contributed by atoms with Crippen molar-refractivity contribution >= 4 is 23.5 Å². The molecule has 0 heterocycles. The quantitative estimate of drug-likeness (QED) is 0.738. The maximum atomic E-state index is 12.3. The van der Waals surface area contributed by atoms with Crippen molar-refractivity contribution in [2.45, 2.75) is 25.7 Å². The van der Waals surface area contributed by atoms with E-state index in [4.69, 9.17) is 21.1 Å².